The average Bonchev–Trinajstić information content (AvgIpc) is 2.95. The number of rotatable bonds is 6. The number of pyridine rings is 3. The summed E-state index contributed by atoms with van der Waals surface area (Å²) in [4.78, 5) is 26.1. The first-order valence-corrected chi connectivity index (χ1v) is 14.9. The van der Waals surface area contributed by atoms with Crippen molar-refractivity contribution in [1.29, 1.82) is 5.26 Å². The van der Waals surface area contributed by atoms with Crippen LogP contribution in [0.25, 0.3) is 10.8 Å². The molecule has 1 aromatic carbocycles. The van der Waals surface area contributed by atoms with Crippen molar-refractivity contribution in [3.05, 3.63) is 81.3 Å². The van der Waals surface area contributed by atoms with Gasteiger partial charge in [-0.3, -0.25) is 13.6 Å². The lowest BCUT2D eigenvalue weighted by Gasteiger charge is -2.38. The summed E-state index contributed by atoms with van der Waals surface area (Å²) in [5.74, 6) is 0.298. The van der Waals surface area contributed by atoms with Crippen LogP contribution in [0.15, 0.2) is 52.4 Å². The van der Waals surface area contributed by atoms with E-state index in [1.165, 1.54) is 6.07 Å². The Bertz CT molecular complexity index is 1770. The van der Waals surface area contributed by atoms with Crippen LogP contribution in [0.3, 0.4) is 0 Å². The zero-order valence-electron chi connectivity index (χ0n) is 23.7. The number of hydrogen-bond donors (Lipinski definition) is 1. The van der Waals surface area contributed by atoms with Gasteiger partial charge < -0.3 is 15.1 Å². The minimum absolute atomic E-state index is 0.0921. The topological polar surface area (TPSA) is 107 Å². The van der Waals surface area contributed by atoms with Crippen LogP contribution in [0.1, 0.15) is 35.5 Å². The molecule has 1 saturated heterocycles. The molecule has 1 aliphatic heterocycles. The first-order valence-electron chi connectivity index (χ1n) is 13.3. The lowest BCUT2D eigenvalue weighted by Crippen LogP contribution is -2.48. The lowest BCUT2D eigenvalue weighted by atomic mass is 9.97. The molecule has 9 nitrogen and oxygen atoms in total. The molecule has 212 valence electrons. The van der Waals surface area contributed by atoms with Gasteiger partial charge in [-0.1, -0.05) is 6.07 Å². The van der Waals surface area contributed by atoms with Crippen molar-refractivity contribution < 1.29 is 8.60 Å². The van der Waals surface area contributed by atoms with Gasteiger partial charge in [0, 0.05) is 62.7 Å². The molecule has 4 heterocycles. The van der Waals surface area contributed by atoms with Gasteiger partial charge in [0.25, 0.3) is 5.56 Å². The van der Waals surface area contributed by atoms with Crippen molar-refractivity contribution in [3.63, 3.8) is 0 Å². The maximum atomic E-state index is 13.9. The highest BCUT2D eigenvalue weighted by Gasteiger charge is 2.24. The van der Waals surface area contributed by atoms with Gasteiger partial charge in [-0.2, -0.15) is 5.26 Å². The van der Waals surface area contributed by atoms with Crippen LogP contribution in [0.5, 0.6) is 0 Å². The average molecular weight is 574 g/mol. The van der Waals surface area contributed by atoms with E-state index in [0.29, 0.717) is 48.0 Å². The van der Waals surface area contributed by atoms with Crippen molar-refractivity contribution in [2.75, 3.05) is 47.6 Å². The molecule has 1 N–H and O–H groups in total. The molecular formula is C30H32FN7O2S. The Kier molecular flexibility index (Phi) is 7.78. The zero-order valence-corrected chi connectivity index (χ0v) is 24.5. The number of benzene rings is 1. The fourth-order valence-corrected chi connectivity index (χ4v) is 6.15. The molecule has 0 aliphatic carbocycles. The van der Waals surface area contributed by atoms with E-state index in [-0.39, 0.29) is 17.3 Å². The van der Waals surface area contributed by atoms with Crippen LogP contribution in [0, 0.1) is 31.0 Å². The van der Waals surface area contributed by atoms with Crippen molar-refractivity contribution in [2.24, 2.45) is 7.05 Å². The number of fused-ring (bicyclic) bond motifs is 1. The molecular weight excluding hydrogens is 541 g/mol. The molecule has 1 unspecified atom stereocenters. The Morgan fingerprint density at radius 1 is 1.07 bits per heavy atom. The van der Waals surface area contributed by atoms with E-state index >= 15 is 0 Å². The predicted molar refractivity (Wildman–Crippen MR) is 161 cm³/mol. The molecule has 0 spiro atoms. The quantitative estimate of drug-likeness (QED) is 0.366. The Morgan fingerprint density at radius 2 is 1.78 bits per heavy atom. The maximum Gasteiger partial charge on any atom is 0.259 e. The fourth-order valence-electron chi connectivity index (χ4n) is 5.44. The highest BCUT2D eigenvalue weighted by atomic mass is 32.2. The van der Waals surface area contributed by atoms with Crippen molar-refractivity contribution in [2.45, 2.75) is 31.8 Å². The monoisotopic (exact) mass is 573 g/mol. The van der Waals surface area contributed by atoms with Gasteiger partial charge in [-0.25, -0.2) is 14.4 Å². The second kappa shape index (κ2) is 11.3. The Balaban J connectivity index is 1.49. The number of nitriles is 1. The first-order chi connectivity index (χ1) is 19.6. The third-order valence-electron chi connectivity index (χ3n) is 7.50. The molecule has 2 atom stereocenters. The molecule has 3 aromatic heterocycles. The third-order valence-corrected chi connectivity index (χ3v) is 8.36. The van der Waals surface area contributed by atoms with Gasteiger partial charge in [-0.15, -0.1) is 0 Å². The molecule has 4 aromatic rings. The summed E-state index contributed by atoms with van der Waals surface area (Å²) in [5, 5.41) is 14.9. The Labute approximate surface area is 240 Å². The second-order valence-electron chi connectivity index (χ2n) is 10.4. The minimum atomic E-state index is -1.27. The zero-order chi connectivity index (χ0) is 29.4. The molecule has 5 rings (SSSR count). The van der Waals surface area contributed by atoms with Gasteiger partial charge >= 0.3 is 0 Å². The normalized spacial score (nSPS) is 15.0. The lowest BCUT2D eigenvalue weighted by molar-refractivity contribution is 0.609. The van der Waals surface area contributed by atoms with Gasteiger partial charge in [0.15, 0.2) is 5.69 Å². The number of nitrogens with one attached hydrogen (secondary N) is 1. The van der Waals surface area contributed by atoms with Gasteiger partial charge in [0.2, 0.25) is 0 Å². The summed E-state index contributed by atoms with van der Waals surface area (Å²) >= 11 is 0. The highest BCUT2D eigenvalue weighted by molar-refractivity contribution is 7.84. The highest BCUT2D eigenvalue weighted by Crippen LogP contribution is 2.32. The summed E-state index contributed by atoms with van der Waals surface area (Å²) in [6.45, 7) is 8.10. The summed E-state index contributed by atoms with van der Waals surface area (Å²) in [6, 6.07) is 13.0. The van der Waals surface area contributed by atoms with E-state index in [1.807, 2.05) is 49.9 Å². The van der Waals surface area contributed by atoms with Crippen molar-refractivity contribution >= 4 is 38.8 Å². The van der Waals surface area contributed by atoms with Gasteiger partial charge in [-0.05, 0) is 61.5 Å². The maximum absolute atomic E-state index is 13.9. The van der Waals surface area contributed by atoms with E-state index in [1.54, 1.807) is 17.9 Å². The van der Waals surface area contributed by atoms with Crippen molar-refractivity contribution in [1.82, 2.24) is 14.5 Å². The number of aromatic nitrogens is 3. The van der Waals surface area contributed by atoms with Gasteiger partial charge in [0.05, 0.1) is 28.4 Å². The molecule has 0 saturated carbocycles. The Hall–Kier alpha value is -4.30. The molecule has 41 heavy (non-hydrogen) atoms. The van der Waals surface area contributed by atoms with E-state index in [9.17, 15) is 18.7 Å². The molecule has 0 radical (unpaired) electrons. The molecule has 0 bridgehead atoms. The van der Waals surface area contributed by atoms with E-state index in [2.05, 4.69) is 32.3 Å². The molecule has 1 aliphatic rings. The van der Waals surface area contributed by atoms with Gasteiger partial charge in [0.1, 0.15) is 22.7 Å². The van der Waals surface area contributed by atoms with Crippen LogP contribution < -0.4 is 20.7 Å². The van der Waals surface area contributed by atoms with Crippen LogP contribution >= 0.6 is 0 Å². The molecule has 0 amide bonds. The minimum Gasteiger partial charge on any atom is -0.376 e. The second-order valence-corrected chi connectivity index (χ2v) is 11.7. The summed E-state index contributed by atoms with van der Waals surface area (Å²) in [6.07, 6.45) is 2.66. The smallest absolute Gasteiger partial charge is 0.259 e. The standard InChI is InChI=1S/C30H32FN7O2S/c1-18-12-22(20(3)35-25-7-6-19(2)34-29(25)41(5)40)23-15-28(36(4)30(39)24(23)13-18)38-10-8-37(9-11-38)27-14-21(31)17-33-26(27)16-32/h6-7,12-15,17,20,35H,8-11H2,1-5H3/t20-,41?/m1/s1. The van der Waals surface area contributed by atoms with Crippen LogP contribution in [0.2, 0.25) is 0 Å². The SMILES string of the molecule is Cc1cc([C@@H](C)Nc2ccc(C)nc2S(C)=O)c2cc(N3CCN(c4cc(F)cnc4C#N)CC3)n(C)c(=O)c2c1. The van der Waals surface area contributed by atoms with Crippen LogP contribution in [-0.4, -0.2) is 51.2 Å². The Morgan fingerprint density at radius 3 is 2.46 bits per heavy atom. The van der Waals surface area contributed by atoms with E-state index in [4.69, 9.17) is 0 Å². The fraction of sp³-hybridized carbons (Fsp3) is 0.333. The molecule has 11 heteroatoms. The third kappa shape index (κ3) is 5.52. The predicted octanol–water partition coefficient (Wildman–Crippen LogP) is 4.19. The number of hydrogen-bond acceptors (Lipinski definition) is 8. The number of nitrogens with zero attached hydrogens (tertiary/aromatic N) is 6. The van der Waals surface area contributed by atoms with E-state index in [0.717, 1.165) is 34.2 Å². The number of aryl methyl sites for hydroxylation is 2. The summed E-state index contributed by atoms with van der Waals surface area (Å²) < 4.78 is 28.0. The number of piperazine rings is 1. The van der Waals surface area contributed by atoms with Crippen molar-refractivity contribution in [3.8, 4) is 6.07 Å². The summed E-state index contributed by atoms with van der Waals surface area (Å²) in [5.41, 5.74) is 4.00. The van der Waals surface area contributed by atoms with Crippen LogP contribution in [0.4, 0.5) is 21.6 Å². The number of anilines is 3. The first kappa shape index (κ1) is 28.2. The molecule has 1 fully saturated rings. The number of halogens is 1. The van der Waals surface area contributed by atoms with E-state index < -0.39 is 16.6 Å². The largest absolute Gasteiger partial charge is 0.376 e. The summed E-state index contributed by atoms with van der Waals surface area (Å²) in [7, 11) is 0.506. The van der Waals surface area contributed by atoms with Crippen LogP contribution in [-0.2, 0) is 17.8 Å².